The van der Waals surface area contributed by atoms with Gasteiger partial charge in [0.15, 0.2) is 0 Å². The summed E-state index contributed by atoms with van der Waals surface area (Å²) in [6.45, 7) is 4.11. The van der Waals surface area contributed by atoms with Crippen LogP contribution in [0.1, 0.15) is 219 Å². The van der Waals surface area contributed by atoms with Gasteiger partial charge in [-0.05, 0) is 32.1 Å². The minimum atomic E-state index is -4.34. The minimum Gasteiger partial charge on any atom is -0.387 e. The molecule has 0 aromatic rings. The summed E-state index contributed by atoms with van der Waals surface area (Å²) >= 11 is 0. The highest BCUT2D eigenvalue weighted by molar-refractivity contribution is 7.47. The molecule has 0 aliphatic rings. The van der Waals surface area contributed by atoms with E-state index < -0.39 is 20.0 Å². The Kier molecular flexibility index (Phi) is 39.9. The average Bonchev–Trinajstić information content (AvgIpc) is 3.14. The van der Waals surface area contributed by atoms with E-state index in [-0.39, 0.29) is 25.7 Å². The highest BCUT2D eigenvalue weighted by atomic mass is 31.2. The summed E-state index contributed by atoms with van der Waals surface area (Å²) < 4.78 is 22.1. The Morgan fingerprint density at radius 1 is 0.604 bits per heavy atom. The number of unbranched alkanes of at least 4 members (excludes halogenated alkanes) is 28. The second-order valence-corrected chi connectivity index (χ2v) is 16.7. The van der Waals surface area contributed by atoms with Crippen molar-refractivity contribution in [1.29, 1.82) is 0 Å². The van der Waals surface area contributed by atoms with Crippen LogP contribution < -0.4 is 11.1 Å². The van der Waals surface area contributed by atoms with Crippen LogP contribution in [0.25, 0.3) is 0 Å². The molecule has 0 bridgehead atoms. The number of nitrogens with two attached hydrogens (primary N) is 1. The molecule has 0 saturated heterocycles. The maximum Gasteiger partial charge on any atom is 0.472 e. The monoisotopic (exact) mass is 771 g/mol. The van der Waals surface area contributed by atoms with Gasteiger partial charge in [-0.2, -0.15) is 0 Å². The third kappa shape index (κ3) is 39.0. The number of phosphoric ester groups is 1. The molecule has 0 aromatic carbocycles. The Morgan fingerprint density at radius 3 is 1.45 bits per heavy atom. The maximum absolute atomic E-state index is 12.7. The first kappa shape index (κ1) is 52.0. The molecule has 53 heavy (non-hydrogen) atoms. The van der Waals surface area contributed by atoms with Gasteiger partial charge in [0, 0.05) is 13.0 Å². The molecule has 0 spiro atoms. The van der Waals surface area contributed by atoms with Crippen molar-refractivity contribution >= 4 is 13.7 Å². The molecule has 0 heterocycles. The van der Waals surface area contributed by atoms with Crippen LogP contribution in [0.3, 0.4) is 0 Å². The first-order valence-electron chi connectivity index (χ1n) is 22.5. The number of nitrogens with one attached hydrogen (secondary N) is 1. The SMILES string of the molecule is CCCCCCCC/C=C/CC/C=C/C(O)C(COP(=O)(O)OCCN)NC(=O)CCCCCCCCCCCCCCCCCCCCCCCC. The van der Waals surface area contributed by atoms with Crippen LogP contribution >= 0.6 is 7.82 Å². The minimum absolute atomic E-state index is 0.0758. The lowest BCUT2D eigenvalue weighted by atomic mass is 10.0. The molecule has 8 nitrogen and oxygen atoms in total. The molecule has 0 rings (SSSR count). The van der Waals surface area contributed by atoms with Crippen molar-refractivity contribution in [3.8, 4) is 0 Å². The van der Waals surface area contributed by atoms with Crippen LogP contribution in [-0.2, 0) is 18.4 Å². The van der Waals surface area contributed by atoms with Crippen LogP contribution in [-0.4, -0.2) is 47.8 Å². The largest absolute Gasteiger partial charge is 0.472 e. The fourth-order valence-corrected chi connectivity index (χ4v) is 7.38. The molecule has 0 saturated carbocycles. The zero-order valence-corrected chi connectivity index (χ0v) is 35.7. The lowest BCUT2D eigenvalue weighted by Gasteiger charge is -2.23. The van der Waals surface area contributed by atoms with Gasteiger partial charge in [-0.1, -0.05) is 205 Å². The van der Waals surface area contributed by atoms with Crippen LogP contribution in [0.5, 0.6) is 0 Å². The molecule has 3 unspecified atom stereocenters. The number of phosphoric acid groups is 1. The predicted octanol–water partition coefficient (Wildman–Crippen LogP) is 12.6. The van der Waals surface area contributed by atoms with Gasteiger partial charge in [0.25, 0.3) is 0 Å². The molecular weight excluding hydrogens is 683 g/mol. The van der Waals surface area contributed by atoms with Crippen molar-refractivity contribution in [2.75, 3.05) is 19.8 Å². The number of aliphatic hydroxyl groups excluding tert-OH is 1. The van der Waals surface area contributed by atoms with Crippen LogP contribution in [0, 0.1) is 0 Å². The van der Waals surface area contributed by atoms with Gasteiger partial charge in [-0.25, -0.2) is 4.57 Å². The Labute approximate surface area is 327 Å². The van der Waals surface area contributed by atoms with Crippen LogP contribution in [0.2, 0.25) is 0 Å². The molecule has 0 fully saturated rings. The van der Waals surface area contributed by atoms with E-state index >= 15 is 0 Å². The summed E-state index contributed by atoms with van der Waals surface area (Å²) in [5.74, 6) is -0.201. The van der Waals surface area contributed by atoms with Crippen molar-refractivity contribution in [3.05, 3.63) is 24.3 Å². The van der Waals surface area contributed by atoms with Gasteiger partial charge in [0.05, 0.1) is 25.4 Å². The van der Waals surface area contributed by atoms with E-state index in [1.54, 1.807) is 6.08 Å². The zero-order chi connectivity index (χ0) is 38.9. The van der Waals surface area contributed by atoms with E-state index in [1.807, 2.05) is 6.08 Å². The molecule has 0 aromatic heterocycles. The van der Waals surface area contributed by atoms with Gasteiger partial charge < -0.3 is 21.1 Å². The van der Waals surface area contributed by atoms with E-state index in [9.17, 15) is 19.4 Å². The van der Waals surface area contributed by atoms with Gasteiger partial charge in [0.1, 0.15) is 0 Å². The lowest BCUT2D eigenvalue weighted by molar-refractivity contribution is -0.123. The fraction of sp³-hybridized carbons (Fsp3) is 0.886. The normalized spacial score (nSPS) is 14.3. The van der Waals surface area contributed by atoms with E-state index in [2.05, 4.69) is 31.3 Å². The van der Waals surface area contributed by atoms with Gasteiger partial charge in [0.2, 0.25) is 5.91 Å². The number of hydrogen-bond donors (Lipinski definition) is 4. The summed E-state index contributed by atoms with van der Waals surface area (Å²) in [5, 5.41) is 13.6. The molecule has 9 heteroatoms. The van der Waals surface area contributed by atoms with E-state index in [4.69, 9.17) is 14.8 Å². The van der Waals surface area contributed by atoms with E-state index in [0.29, 0.717) is 6.42 Å². The summed E-state index contributed by atoms with van der Waals surface area (Å²) in [5.41, 5.74) is 5.37. The van der Waals surface area contributed by atoms with Gasteiger partial charge >= 0.3 is 7.82 Å². The van der Waals surface area contributed by atoms with Crippen molar-refractivity contribution in [2.45, 2.75) is 231 Å². The Morgan fingerprint density at radius 2 is 1.00 bits per heavy atom. The Balaban J connectivity index is 4.09. The first-order valence-corrected chi connectivity index (χ1v) is 24.0. The smallest absolute Gasteiger partial charge is 0.387 e. The zero-order valence-electron chi connectivity index (χ0n) is 34.8. The third-order valence-electron chi connectivity index (χ3n) is 10.0. The summed E-state index contributed by atoms with van der Waals surface area (Å²) in [6.07, 6.45) is 46.7. The Bertz CT molecular complexity index is 886. The molecule has 314 valence electrons. The summed E-state index contributed by atoms with van der Waals surface area (Å²) in [7, 11) is -4.34. The predicted molar refractivity (Wildman–Crippen MR) is 226 cm³/mol. The second-order valence-electron chi connectivity index (χ2n) is 15.3. The number of amides is 1. The van der Waals surface area contributed by atoms with Gasteiger partial charge in [-0.15, -0.1) is 0 Å². The highest BCUT2D eigenvalue weighted by Gasteiger charge is 2.26. The maximum atomic E-state index is 12.7. The van der Waals surface area contributed by atoms with Crippen molar-refractivity contribution in [3.63, 3.8) is 0 Å². The van der Waals surface area contributed by atoms with Gasteiger partial charge in [-0.3, -0.25) is 13.8 Å². The average molecular weight is 771 g/mol. The topological polar surface area (TPSA) is 131 Å². The van der Waals surface area contributed by atoms with Crippen LogP contribution in [0.4, 0.5) is 0 Å². The summed E-state index contributed by atoms with van der Waals surface area (Å²) in [6, 6.07) is -0.872. The molecule has 1 amide bonds. The van der Waals surface area contributed by atoms with Crippen LogP contribution in [0.15, 0.2) is 24.3 Å². The number of carbonyl (C=O) groups excluding carboxylic acids is 1. The molecule has 0 radical (unpaired) electrons. The quantitative estimate of drug-likeness (QED) is 0.0276. The summed E-state index contributed by atoms with van der Waals surface area (Å²) in [4.78, 5) is 22.7. The molecule has 5 N–H and O–H groups in total. The van der Waals surface area contributed by atoms with Crippen molar-refractivity contribution < 1.29 is 28.4 Å². The standard InChI is InChI=1S/C44H87N2O6P/c1-3-5-7-9-11-13-15-17-18-19-20-21-22-23-24-25-26-28-30-32-34-36-38-44(48)46-42(41-52-53(49,50)51-40-39-45)43(47)37-35-33-31-29-27-16-14-12-10-8-6-4-2/h27,29,35,37,42-43,47H,3-26,28,30-34,36,38-41,45H2,1-2H3,(H,46,48)(H,49,50)/b29-27+,37-35+. The number of carbonyl (C=O) groups is 1. The third-order valence-corrected chi connectivity index (χ3v) is 11.0. The van der Waals surface area contributed by atoms with E-state index in [0.717, 1.165) is 38.5 Å². The molecule has 0 aliphatic heterocycles. The second kappa shape index (κ2) is 40.6. The number of hydrogen-bond acceptors (Lipinski definition) is 6. The molecular formula is C44H87N2O6P. The number of rotatable bonds is 42. The van der Waals surface area contributed by atoms with E-state index in [1.165, 1.54) is 161 Å². The number of aliphatic hydroxyl groups is 1. The molecule has 3 atom stereocenters. The fourth-order valence-electron chi connectivity index (χ4n) is 6.62. The lowest BCUT2D eigenvalue weighted by Crippen LogP contribution is -2.45. The molecule has 0 aliphatic carbocycles. The van der Waals surface area contributed by atoms with Crippen molar-refractivity contribution in [1.82, 2.24) is 5.32 Å². The highest BCUT2D eigenvalue weighted by Crippen LogP contribution is 2.43. The van der Waals surface area contributed by atoms with Crippen molar-refractivity contribution in [2.24, 2.45) is 5.73 Å². The number of allylic oxidation sites excluding steroid dienone is 3. The Hall–Kier alpha value is -1.02. The first-order chi connectivity index (χ1) is 25.9.